The lowest BCUT2D eigenvalue weighted by atomic mass is 10.1. The monoisotopic (exact) mass is 812 g/mol. The molecular formula is C36H68N4O8S4. The van der Waals surface area contributed by atoms with Gasteiger partial charge in [0.25, 0.3) is 0 Å². The summed E-state index contributed by atoms with van der Waals surface area (Å²) in [6.45, 7) is 23.9. The molecule has 4 unspecified atom stereocenters. The largest absolute Gasteiger partial charge is 0.444 e. The van der Waals surface area contributed by atoms with Crippen molar-refractivity contribution in [1.29, 1.82) is 0 Å². The Morgan fingerprint density at radius 2 is 0.577 bits per heavy atom. The SMILES string of the molecule is CC(C)(C)OC(=O)NCC1CCCCC(CNC(=O)OC(C)(C)C)SSC(CNC(=O)OC(C)(C)C)CCCCC(CNC(=O)OC(C)(C)C)SS1. The average Bonchev–Trinajstić information content (AvgIpc) is 2.95. The maximum atomic E-state index is 12.5. The Hall–Kier alpha value is -1.52. The van der Waals surface area contributed by atoms with Crippen molar-refractivity contribution < 1.29 is 38.1 Å². The summed E-state index contributed by atoms with van der Waals surface area (Å²) in [6, 6.07) is 0. The number of nitrogens with one attached hydrogen (secondary N) is 4. The van der Waals surface area contributed by atoms with Gasteiger partial charge >= 0.3 is 24.4 Å². The van der Waals surface area contributed by atoms with Crippen molar-refractivity contribution in [2.24, 2.45) is 0 Å². The van der Waals surface area contributed by atoms with Gasteiger partial charge < -0.3 is 40.2 Å². The molecule has 0 aromatic rings. The van der Waals surface area contributed by atoms with Crippen molar-refractivity contribution in [2.45, 2.75) is 178 Å². The Bertz CT molecular complexity index is 922. The molecule has 0 spiro atoms. The number of carbonyl (C=O) groups is 4. The first-order valence-electron chi connectivity index (χ1n) is 18.4. The number of hydrogen-bond donors (Lipinski definition) is 4. The fourth-order valence-electron chi connectivity index (χ4n) is 4.58. The lowest BCUT2D eigenvalue weighted by Gasteiger charge is -2.26. The second-order valence-electron chi connectivity index (χ2n) is 17.0. The van der Waals surface area contributed by atoms with Gasteiger partial charge in [-0.05, 0) is 109 Å². The van der Waals surface area contributed by atoms with E-state index >= 15 is 0 Å². The molecule has 0 saturated carbocycles. The van der Waals surface area contributed by atoms with Gasteiger partial charge in [0.15, 0.2) is 0 Å². The van der Waals surface area contributed by atoms with Crippen LogP contribution in [0.3, 0.4) is 0 Å². The van der Waals surface area contributed by atoms with E-state index < -0.39 is 46.8 Å². The van der Waals surface area contributed by atoms with Crippen LogP contribution >= 0.6 is 43.2 Å². The highest BCUT2D eigenvalue weighted by molar-refractivity contribution is 8.77. The number of carbonyl (C=O) groups excluding carboxylic acids is 4. The van der Waals surface area contributed by atoms with Crippen LogP contribution in [0.15, 0.2) is 0 Å². The summed E-state index contributed by atoms with van der Waals surface area (Å²) in [7, 11) is 6.95. The van der Waals surface area contributed by atoms with Gasteiger partial charge in [-0.1, -0.05) is 68.9 Å². The zero-order chi connectivity index (χ0) is 39.6. The van der Waals surface area contributed by atoms with Gasteiger partial charge in [-0.25, -0.2) is 19.2 Å². The third-order valence-electron chi connectivity index (χ3n) is 6.75. The number of ether oxygens (including phenoxy) is 4. The van der Waals surface area contributed by atoms with E-state index in [-0.39, 0.29) is 21.0 Å². The summed E-state index contributed by atoms with van der Waals surface area (Å²) >= 11 is 0. The highest BCUT2D eigenvalue weighted by atomic mass is 33.1. The summed E-state index contributed by atoms with van der Waals surface area (Å²) < 4.78 is 22.0. The smallest absolute Gasteiger partial charge is 0.407 e. The van der Waals surface area contributed by atoms with Gasteiger partial charge in [-0.15, -0.1) is 0 Å². The first-order valence-corrected chi connectivity index (χ1v) is 23.0. The van der Waals surface area contributed by atoms with E-state index in [4.69, 9.17) is 18.9 Å². The minimum absolute atomic E-state index is 0.123. The molecule has 4 N–H and O–H groups in total. The number of rotatable bonds is 8. The normalized spacial score (nSPS) is 21.9. The summed E-state index contributed by atoms with van der Waals surface area (Å²) in [5.41, 5.74) is -2.36. The van der Waals surface area contributed by atoms with Crippen LogP contribution in [-0.4, -0.2) is 94.0 Å². The van der Waals surface area contributed by atoms with Crippen LogP contribution in [0.25, 0.3) is 0 Å². The van der Waals surface area contributed by atoms with E-state index in [0.29, 0.717) is 26.2 Å². The number of alkyl carbamates (subject to hydrolysis) is 4. The molecule has 304 valence electrons. The van der Waals surface area contributed by atoms with Crippen molar-refractivity contribution >= 4 is 67.5 Å². The maximum absolute atomic E-state index is 12.5. The van der Waals surface area contributed by atoms with Crippen molar-refractivity contribution in [3.05, 3.63) is 0 Å². The molecule has 1 aliphatic rings. The van der Waals surface area contributed by atoms with Crippen molar-refractivity contribution in [3.8, 4) is 0 Å². The van der Waals surface area contributed by atoms with Gasteiger partial charge in [0, 0.05) is 47.2 Å². The first-order chi connectivity index (χ1) is 23.9. The zero-order valence-corrected chi connectivity index (χ0v) is 37.0. The van der Waals surface area contributed by atoms with E-state index in [2.05, 4.69) is 21.3 Å². The molecule has 0 aromatic heterocycles. The molecule has 52 heavy (non-hydrogen) atoms. The molecule has 12 nitrogen and oxygen atoms in total. The lowest BCUT2D eigenvalue weighted by Crippen LogP contribution is -2.37. The van der Waals surface area contributed by atoms with Gasteiger partial charge in [0.05, 0.1) is 0 Å². The van der Waals surface area contributed by atoms with Crippen LogP contribution in [0, 0.1) is 0 Å². The molecule has 4 atom stereocenters. The van der Waals surface area contributed by atoms with E-state index in [9.17, 15) is 19.2 Å². The molecule has 1 saturated heterocycles. The maximum Gasteiger partial charge on any atom is 0.407 e. The van der Waals surface area contributed by atoms with Crippen LogP contribution in [0.1, 0.15) is 134 Å². The van der Waals surface area contributed by atoms with Crippen molar-refractivity contribution in [2.75, 3.05) is 26.2 Å². The molecule has 4 amide bonds. The van der Waals surface area contributed by atoms with Gasteiger partial charge in [0.2, 0.25) is 0 Å². The predicted molar refractivity (Wildman–Crippen MR) is 219 cm³/mol. The molecule has 1 fully saturated rings. The first kappa shape index (κ1) is 48.5. The summed E-state index contributed by atoms with van der Waals surface area (Å²) in [4.78, 5) is 50.1. The lowest BCUT2D eigenvalue weighted by molar-refractivity contribution is 0.0515. The average molecular weight is 813 g/mol. The van der Waals surface area contributed by atoms with Crippen LogP contribution < -0.4 is 21.3 Å². The fourth-order valence-corrected chi connectivity index (χ4v) is 10.7. The van der Waals surface area contributed by atoms with E-state index in [1.807, 2.05) is 83.1 Å². The third-order valence-corrected chi connectivity index (χ3v) is 13.6. The molecule has 0 bridgehead atoms. The summed E-state index contributed by atoms with van der Waals surface area (Å²) in [5, 5.41) is 12.3. The molecule has 1 heterocycles. The molecule has 0 aromatic carbocycles. The minimum Gasteiger partial charge on any atom is -0.444 e. The second-order valence-corrected chi connectivity index (χ2v) is 22.7. The zero-order valence-electron chi connectivity index (χ0n) is 33.7. The van der Waals surface area contributed by atoms with E-state index in [1.54, 1.807) is 43.2 Å². The third kappa shape index (κ3) is 28.0. The Morgan fingerprint density at radius 1 is 0.404 bits per heavy atom. The molecule has 0 aliphatic carbocycles. The standard InChI is InChI=1S/C36H68N4O8S4/c1-33(2,3)45-29(41)37-21-25-17-13-14-18-27(23-39-31(43)47-35(7,8)9)51-52-28(24-40-32(44)48-36(10,11)12)20-16-15-19-26(50-49-25)22-38-30(42)46-34(4,5)6/h25-28H,13-24H2,1-12H3,(H,37,41)(H,38,42)(H,39,43)(H,40,44). The Morgan fingerprint density at radius 3 is 0.731 bits per heavy atom. The topological polar surface area (TPSA) is 153 Å². The molecule has 0 radical (unpaired) electrons. The second kappa shape index (κ2) is 23.4. The van der Waals surface area contributed by atoms with Gasteiger partial charge in [-0.2, -0.15) is 0 Å². The fraction of sp³-hybridized carbons (Fsp3) is 0.889. The molecule has 16 heteroatoms. The Kier molecular flexibility index (Phi) is 21.8. The Labute approximate surface area is 329 Å². The highest BCUT2D eigenvalue weighted by Gasteiger charge is 2.25. The van der Waals surface area contributed by atoms with E-state index in [0.717, 1.165) is 51.4 Å². The van der Waals surface area contributed by atoms with Crippen LogP contribution in [0.5, 0.6) is 0 Å². The molecule has 1 rings (SSSR count). The summed E-state index contributed by atoms with van der Waals surface area (Å²) in [5.74, 6) is 0. The van der Waals surface area contributed by atoms with Crippen LogP contribution in [-0.2, 0) is 18.9 Å². The number of amides is 4. The van der Waals surface area contributed by atoms with Gasteiger partial charge in [-0.3, -0.25) is 0 Å². The van der Waals surface area contributed by atoms with Crippen LogP contribution in [0.4, 0.5) is 19.2 Å². The molecule has 1 aliphatic heterocycles. The highest BCUT2D eigenvalue weighted by Crippen LogP contribution is 2.38. The van der Waals surface area contributed by atoms with Crippen molar-refractivity contribution in [1.82, 2.24) is 21.3 Å². The van der Waals surface area contributed by atoms with E-state index in [1.165, 1.54) is 0 Å². The Balaban J connectivity index is 3.12. The minimum atomic E-state index is -0.590. The van der Waals surface area contributed by atoms with Crippen molar-refractivity contribution in [3.63, 3.8) is 0 Å². The van der Waals surface area contributed by atoms with Gasteiger partial charge in [0.1, 0.15) is 22.4 Å². The summed E-state index contributed by atoms with van der Waals surface area (Å²) in [6.07, 6.45) is 5.41. The number of hydrogen-bond acceptors (Lipinski definition) is 12. The predicted octanol–water partition coefficient (Wildman–Crippen LogP) is 9.46. The quantitative estimate of drug-likeness (QED) is 0.136. The van der Waals surface area contributed by atoms with Crippen LogP contribution in [0.2, 0.25) is 0 Å². The molecular weight excluding hydrogens is 745 g/mol.